The van der Waals surface area contributed by atoms with E-state index >= 15 is 0 Å². The van der Waals surface area contributed by atoms with Crippen LogP contribution in [0.15, 0.2) is 60.8 Å². The summed E-state index contributed by atoms with van der Waals surface area (Å²) in [7, 11) is -4.76. The lowest BCUT2D eigenvalue weighted by Gasteiger charge is -2.21. The minimum atomic E-state index is -4.76. The lowest BCUT2D eigenvalue weighted by Crippen LogP contribution is -2.30. The molecule has 0 fully saturated rings. The van der Waals surface area contributed by atoms with E-state index in [0.29, 0.717) is 19.3 Å². The third-order valence-corrected chi connectivity index (χ3v) is 13.4. The molecule has 0 amide bonds. The standard InChI is InChI=1S/C60H107O11P/c1-4-7-10-13-16-19-22-25-26-27-28-29-30-33-36-39-42-45-48-51-60(64)71-57(53-67-58(62)49-46-43-40-37-34-31-23-20-17-14-11-8-5-2)55-69-72(65,66)68-54-56(52-61)70-59(63)50-47-44-41-38-35-32-24-21-18-15-12-9-6-3/h8,11,17,20,25-26,31,34,40,43,56-57,61H,4-7,9-10,12-16,18-19,21-24,27-30,32-33,35-39,41-42,44-55H2,1-3H3,(H,65,66)/b11-8-,20-17-,26-25-,34-31-,43-40-. The molecule has 0 aliphatic rings. The van der Waals surface area contributed by atoms with Crippen LogP contribution in [0.1, 0.15) is 265 Å². The molecule has 0 aromatic carbocycles. The molecule has 0 saturated heterocycles. The summed E-state index contributed by atoms with van der Waals surface area (Å²) in [4.78, 5) is 48.5. The van der Waals surface area contributed by atoms with E-state index in [1.54, 1.807) is 0 Å². The Morgan fingerprint density at radius 1 is 0.403 bits per heavy atom. The number of allylic oxidation sites excluding steroid dienone is 10. The largest absolute Gasteiger partial charge is 0.472 e. The fraction of sp³-hybridized carbons (Fsp3) is 0.783. The van der Waals surface area contributed by atoms with E-state index in [9.17, 15) is 28.9 Å². The van der Waals surface area contributed by atoms with E-state index < -0.39 is 57.8 Å². The van der Waals surface area contributed by atoms with E-state index in [-0.39, 0.29) is 25.9 Å². The zero-order valence-corrected chi connectivity index (χ0v) is 47.0. The molecule has 0 radical (unpaired) electrons. The molecule has 0 aromatic rings. The van der Waals surface area contributed by atoms with Crippen LogP contribution in [0.25, 0.3) is 0 Å². The van der Waals surface area contributed by atoms with Crippen LogP contribution in [-0.4, -0.2) is 66.5 Å². The van der Waals surface area contributed by atoms with Gasteiger partial charge in [-0.3, -0.25) is 23.4 Å². The fourth-order valence-corrected chi connectivity index (χ4v) is 8.80. The molecule has 0 bridgehead atoms. The van der Waals surface area contributed by atoms with Gasteiger partial charge in [-0.25, -0.2) is 4.57 Å². The molecule has 0 heterocycles. The van der Waals surface area contributed by atoms with Gasteiger partial charge in [-0.1, -0.05) is 236 Å². The van der Waals surface area contributed by atoms with Crippen LogP contribution in [0.5, 0.6) is 0 Å². The molecule has 3 atom stereocenters. The van der Waals surface area contributed by atoms with E-state index in [2.05, 4.69) is 69.4 Å². The van der Waals surface area contributed by atoms with Crippen molar-refractivity contribution in [3.05, 3.63) is 60.8 Å². The van der Waals surface area contributed by atoms with E-state index in [4.69, 9.17) is 23.3 Å². The smallest absolute Gasteiger partial charge is 0.462 e. The summed E-state index contributed by atoms with van der Waals surface area (Å²) in [6, 6.07) is 0. The Hall–Kier alpha value is -2.82. The van der Waals surface area contributed by atoms with Gasteiger partial charge in [0.2, 0.25) is 0 Å². The highest BCUT2D eigenvalue weighted by atomic mass is 31.2. The molecule has 0 aromatic heterocycles. The van der Waals surface area contributed by atoms with E-state index in [1.807, 2.05) is 12.2 Å². The van der Waals surface area contributed by atoms with Gasteiger partial charge in [0.15, 0.2) is 6.10 Å². The van der Waals surface area contributed by atoms with Gasteiger partial charge < -0.3 is 24.2 Å². The van der Waals surface area contributed by atoms with E-state index in [1.165, 1.54) is 141 Å². The maximum atomic E-state index is 12.9. The molecule has 0 saturated carbocycles. The predicted octanol–water partition coefficient (Wildman–Crippen LogP) is 17.1. The van der Waals surface area contributed by atoms with Crippen molar-refractivity contribution < 1.29 is 52.2 Å². The number of ether oxygens (including phenoxy) is 3. The maximum Gasteiger partial charge on any atom is 0.472 e. The van der Waals surface area contributed by atoms with Crippen molar-refractivity contribution in [1.29, 1.82) is 0 Å². The molecule has 11 nitrogen and oxygen atoms in total. The minimum Gasteiger partial charge on any atom is -0.462 e. The first-order valence-corrected chi connectivity index (χ1v) is 30.7. The number of rotatable bonds is 54. The van der Waals surface area contributed by atoms with Gasteiger partial charge in [0.25, 0.3) is 0 Å². The number of aliphatic hydroxyl groups excluding tert-OH is 1. The summed E-state index contributed by atoms with van der Waals surface area (Å²) < 4.78 is 39.4. The second kappa shape index (κ2) is 54.4. The molecular weight excluding hydrogens is 928 g/mol. The minimum absolute atomic E-state index is 0.106. The monoisotopic (exact) mass is 1030 g/mol. The molecular formula is C60H107O11P. The van der Waals surface area contributed by atoms with Crippen molar-refractivity contribution >= 4 is 25.7 Å². The number of hydrogen-bond acceptors (Lipinski definition) is 10. The first-order valence-electron chi connectivity index (χ1n) is 29.2. The Balaban J connectivity index is 4.75. The average Bonchev–Trinajstić information content (AvgIpc) is 3.37. The summed E-state index contributed by atoms with van der Waals surface area (Å²) in [6.07, 6.45) is 59.1. The zero-order chi connectivity index (χ0) is 52.7. The third-order valence-electron chi connectivity index (χ3n) is 12.4. The van der Waals surface area contributed by atoms with E-state index in [0.717, 1.165) is 64.2 Å². The molecule has 0 aliphatic heterocycles. The predicted molar refractivity (Wildman–Crippen MR) is 298 cm³/mol. The van der Waals surface area contributed by atoms with Gasteiger partial charge in [0, 0.05) is 19.3 Å². The quantitative estimate of drug-likeness (QED) is 0.0197. The Morgan fingerprint density at radius 3 is 1.17 bits per heavy atom. The highest BCUT2D eigenvalue weighted by Crippen LogP contribution is 2.43. The number of carbonyl (C=O) groups excluding carboxylic acids is 3. The van der Waals surface area contributed by atoms with Gasteiger partial charge in [-0.15, -0.1) is 0 Å². The average molecular weight is 1040 g/mol. The van der Waals surface area contributed by atoms with Crippen molar-refractivity contribution in [2.75, 3.05) is 26.4 Å². The van der Waals surface area contributed by atoms with Gasteiger partial charge in [0.05, 0.1) is 19.8 Å². The van der Waals surface area contributed by atoms with Crippen LogP contribution in [0.3, 0.4) is 0 Å². The maximum absolute atomic E-state index is 12.9. The first kappa shape index (κ1) is 69.2. The van der Waals surface area contributed by atoms with Crippen LogP contribution in [-0.2, 0) is 42.2 Å². The van der Waals surface area contributed by atoms with Crippen molar-refractivity contribution in [1.82, 2.24) is 0 Å². The molecule has 72 heavy (non-hydrogen) atoms. The Labute approximate surface area is 440 Å². The fourth-order valence-electron chi connectivity index (χ4n) is 8.01. The highest BCUT2D eigenvalue weighted by Gasteiger charge is 2.28. The zero-order valence-electron chi connectivity index (χ0n) is 46.1. The van der Waals surface area contributed by atoms with Gasteiger partial charge in [-0.2, -0.15) is 0 Å². The summed E-state index contributed by atoms with van der Waals surface area (Å²) in [5.74, 6) is -1.55. The van der Waals surface area contributed by atoms with Crippen molar-refractivity contribution in [2.45, 2.75) is 277 Å². The second-order valence-corrected chi connectivity index (χ2v) is 20.9. The SMILES string of the molecule is CC/C=C\C/C=C\C/C=C\C/C=C\CCC(=O)OCC(COP(=O)(O)OCC(CO)OC(=O)CCCCCCCCCCCCCCC)OC(=O)CCCCCCCCCCC/C=C\CCCCCCCC. The van der Waals surface area contributed by atoms with Gasteiger partial charge >= 0.3 is 25.7 Å². The Morgan fingerprint density at radius 2 is 0.750 bits per heavy atom. The number of phosphoric ester groups is 1. The molecule has 2 N–H and O–H groups in total. The normalized spacial score (nSPS) is 13.8. The van der Waals surface area contributed by atoms with Crippen LogP contribution in [0.2, 0.25) is 0 Å². The summed E-state index contributed by atoms with van der Waals surface area (Å²) in [5, 5.41) is 9.80. The van der Waals surface area contributed by atoms with Gasteiger partial charge in [0.1, 0.15) is 12.7 Å². The van der Waals surface area contributed by atoms with Crippen LogP contribution in [0, 0.1) is 0 Å². The number of esters is 3. The second-order valence-electron chi connectivity index (χ2n) is 19.4. The lowest BCUT2D eigenvalue weighted by atomic mass is 10.0. The van der Waals surface area contributed by atoms with Crippen molar-refractivity contribution in [3.8, 4) is 0 Å². The highest BCUT2D eigenvalue weighted by molar-refractivity contribution is 7.47. The Kier molecular flexibility index (Phi) is 52.3. The number of aliphatic hydroxyl groups is 1. The summed E-state index contributed by atoms with van der Waals surface area (Å²) in [5.41, 5.74) is 0. The van der Waals surface area contributed by atoms with Crippen molar-refractivity contribution in [3.63, 3.8) is 0 Å². The molecule has 0 rings (SSSR count). The summed E-state index contributed by atoms with van der Waals surface area (Å²) >= 11 is 0. The number of phosphoric acid groups is 1. The molecule has 12 heteroatoms. The Bertz CT molecular complexity index is 1440. The topological polar surface area (TPSA) is 155 Å². The number of hydrogen-bond donors (Lipinski definition) is 2. The summed E-state index contributed by atoms with van der Waals surface area (Å²) in [6.45, 7) is 4.47. The van der Waals surface area contributed by atoms with Crippen LogP contribution < -0.4 is 0 Å². The van der Waals surface area contributed by atoms with Crippen LogP contribution in [0.4, 0.5) is 0 Å². The van der Waals surface area contributed by atoms with Crippen molar-refractivity contribution in [2.24, 2.45) is 0 Å². The number of unbranched alkanes of at least 4 members (excludes halogenated alkanes) is 27. The number of carbonyl (C=O) groups is 3. The lowest BCUT2D eigenvalue weighted by molar-refractivity contribution is -0.161. The molecule has 3 unspecified atom stereocenters. The first-order chi connectivity index (χ1) is 35.2. The molecule has 0 aliphatic carbocycles. The third kappa shape index (κ3) is 52.1. The van der Waals surface area contributed by atoms with Crippen LogP contribution >= 0.6 is 7.82 Å². The van der Waals surface area contributed by atoms with Gasteiger partial charge in [-0.05, 0) is 70.6 Å². The molecule has 0 spiro atoms. The molecule has 418 valence electrons.